The molecular weight excluding hydrogens is 382 g/mol. The fourth-order valence-corrected chi connectivity index (χ4v) is 3.48. The van der Waals surface area contributed by atoms with Crippen molar-refractivity contribution in [2.75, 3.05) is 0 Å². The highest BCUT2D eigenvalue weighted by atomic mass is 32.2. The monoisotopic (exact) mass is 403 g/mol. The zero-order valence-corrected chi connectivity index (χ0v) is 16.1. The van der Waals surface area contributed by atoms with Crippen LogP contribution in [0.1, 0.15) is 31.4 Å². The maximum Gasteiger partial charge on any atom is 0.419 e. The van der Waals surface area contributed by atoms with Gasteiger partial charge in [0.1, 0.15) is 0 Å². The van der Waals surface area contributed by atoms with Crippen molar-refractivity contribution in [2.24, 2.45) is 5.14 Å². The number of aromatic nitrogens is 1. The van der Waals surface area contributed by atoms with E-state index in [1.807, 2.05) is 6.07 Å². The highest BCUT2D eigenvalue weighted by Gasteiger charge is 2.13. The molecule has 3 N–H and O–H groups in total. The summed E-state index contributed by atoms with van der Waals surface area (Å²) < 4.78 is 29.3. The van der Waals surface area contributed by atoms with Gasteiger partial charge in [-0.3, -0.25) is 9.36 Å². The molecule has 0 fully saturated rings. The van der Waals surface area contributed by atoms with Gasteiger partial charge >= 0.3 is 5.76 Å². The van der Waals surface area contributed by atoms with Crippen molar-refractivity contribution >= 4 is 27.0 Å². The Balaban J connectivity index is 1.55. The molecule has 1 heterocycles. The number of oxazole rings is 1. The van der Waals surface area contributed by atoms with Crippen LogP contribution in [0.3, 0.4) is 0 Å². The molecule has 148 valence electrons. The largest absolute Gasteiger partial charge is 0.419 e. The van der Waals surface area contributed by atoms with Gasteiger partial charge in [-0.2, -0.15) is 0 Å². The molecule has 8 nitrogen and oxygen atoms in total. The Morgan fingerprint density at radius 2 is 1.86 bits per heavy atom. The van der Waals surface area contributed by atoms with Crippen LogP contribution < -0.4 is 16.2 Å². The van der Waals surface area contributed by atoms with Crippen LogP contribution in [-0.2, 0) is 21.4 Å². The van der Waals surface area contributed by atoms with Gasteiger partial charge in [-0.1, -0.05) is 24.3 Å². The number of hydrogen-bond acceptors (Lipinski definition) is 5. The van der Waals surface area contributed by atoms with Crippen LogP contribution in [0.25, 0.3) is 11.1 Å². The first-order valence-corrected chi connectivity index (χ1v) is 10.3. The van der Waals surface area contributed by atoms with E-state index in [1.165, 1.54) is 16.7 Å². The topological polar surface area (TPSA) is 124 Å². The number of rotatable bonds is 7. The number of nitrogens with two attached hydrogens (primary N) is 1. The maximum absolute atomic E-state index is 12.2. The SMILES string of the molecule is C[C@H](NC(=O)CCCn1c(=O)oc2ccccc21)c1ccc(S(N)(=O)=O)cc1. The summed E-state index contributed by atoms with van der Waals surface area (Å²) in [5, 5.41) is 7.93. The van der Waals surface area contributed by atoms with E-state index < -0.39 is 15.8 Å². The van der Waals surface area contributed by atoms with Gasteiger partial charge in [0.05, 0.1) is 16.5 Å². The molecule has 0 aliphatic heterocycles. The third kappa shape index (κ3) is 4.49. The second-order valence-corrected chi connectivity index (χ2v) is 8.06. The molecule has 0 saturated carbocycles. The van der Waals surface area contributed by atoms with Gasteiger partial charge in [0.2, 0.25) is 15.9 Å². The van der Waals surface area contributed by atoms with Crippen molar-refractivity contribution in [3.8, 4) is 0 Å². The van der Waals surface area contributed by atoms with Crippen molar-refractivity contribution in [1.29, 1.82) is 0 Å². The maximum atomic E-state index is 12.2. The number of carbonyl (C=O) groups is 1. The number of benzene rings is 2. The normalized spacial score (nSPS) is 12.8. The van der Waals surface area contributed by atoms with Gasteiger partial charge in [0.25, 0.3) is 0 Å². The van der Waals surface area contributed by atoms with E-state index in [4.69, 9.17) is 9.56 Å². The van der Waals surface area contributed by atoms with Crippen LogP contribution in [-0.4, -0.2) is 18.9 Å². The molecule has 0 aliphatic rings. The first kappa shape index (κ1) is 19.8. The highest BCUT2D eigenvalue weighted by molar-refractivity contribution is 7.89. The average molecular weight is 403 g/mol. The van der Waals surface area contributed by atoms with Crippen LogP contribution >= 0.6 is 0 Å². The van der Waals surface area contributed by atoms with E-state index in [0.717, 1.165) is 5.56 Å². The summed E-state index contributed by atoms with van der Waals surface area (Å²) in [5.74, 6) is -0.603. The van der Waals surface area contributed by atoms with Crippen molar-refractivity contribution < 1.29 is 17.6 Å². The van der Waals surface area contributed by atoms with Crippen LogP contribution in [0.2, 0.25) is 0 Å². The van der Waals surface area contributed by atoms with E-state index >= 15 is 0 Å². The lowest BCUT2D eigenvalue weighted by Gasteiger charge is -2.14. The number of primary sulfonamides is 1. The fraction of sp³-hybridized carbons (Fsp3) is 0.263. The van der Waals surface area contributed by atoms with E-state index in [0.29, 0.717) is 24.1 Å². The number of nitrogens with zero attached hydrogens (tertiary/aromatic N) is 1. The Hall–Kier alpha value is -2.91. The number of sulfonamides is 1. The number of fused-ring (bicyclic) bond motifs is 1. The molecule has 2 aromatic carbocycles. The third-order valence-electron chi connectivity index (χ3n) is 4.45. The van der Waals surface area contributed by atoms with Crippen LogP contribution in [0.15, 0.2) is 62.6 Å². The Labute approximate surface area is 162 Å². The minimum Gasteiger partial charge on any atom is -0.408 e. The number of hydrogen-bond donors (Lipinski definition) is 2. The first-order chi connectivity index (χ1) is 13.3. The lowest BCUT2D eigenvalue weighted by molar-refractivity contribution is -0.121. The number of aryl methyl sites for hydroxylation is 1. The predicted octanol–water partition coefficient (Wildman–Crippen LogP) is 1.90. The summed E-state index contributed by atoms with van der Waals surface area (Å²) in [6.45, 7) is 2.18. The molecule has 0 unspecified atom stereocenters. The molecular formula is C19H21N3O5S. The Morgan fingerprint density at radius 1 is 1.18 bits per heavy atom. The first-order valence-electron chi connectivity index (χ1n) is 8.76. The number of nitrogens with one attached hydrogen (secondary N) is 1. The zero-order chi connectivity index (χ0) is 20.3. The lowest BCUT2D eigenvalue weighted by atomic mass is 10.1. The summed E-state index contributed by atoms with van der Waals surface area (Å²) in [6, 6.07) is 12.9. The molecule has 1 aromatic heterocycles. The highest BCUT2D eigenvalue weighted by Crippen LogP contribution is 2.16. The van der Waals surface area contributed by atoms with Crippen molar-refractivity contribution in [3.05, 3.63) is 64.6 Å². The van der Waals surface area contributed by atoms with Gasteiger partial charge in [0, 0.05) is 13.0 Å². The van der Waals surface area contributed by atoms with Crippen molar-refractivity contribution in [3.63, 3.8) is 0 Å². The summed E-state index contributed by atoms with van der Waals surface area (Å²) in [5.41, 5.74) is 1.99. The number of amides is 1. The minimum atomic E-state index is -3.74. The van der Waals surface area contributed by atoms with Crippen LogP contribution in [0.5, 0.6) is 0 Å². The van der Waals surface area contributed by atoms with Crippen LogP contribution in [0.4, 0.5) is 0 Å². The molecule has 0 aliphatic carbocycles. The molecule has 0 saturated heterocycles. The van der Waals surface area contributed by atoms with Gasteiger partial charge in [-0.05, 0) is 43.2 Å². The van der Waals surface area contributed by atoms with Gasteiger partial charge in [-0.15, -0.1) is 0 Å². The number of para-hydroxylation sites is 2. The summed E-state index contributed by atoms with van der Waals surface area (Å²) in [4.78, 5) is 24.1. The van der Waals surface area contributed by atoms with Crippen molar-refractivity contribution in [1.82, 2.24) is 9.88 Å². The molecule has 3 rings (SSSR count). The quantitative estimate of drug-likeness (QED) is 0.623. The second kappa shape index (κ2) is 7.99. The second-order valence-electron chi connectivity index (χ2n) is 6.49. The summed E-state index contributed by atoms with van der Waals surface area (Å²) >= 11 is 0. The average Bonchev–Trinajstić information content (AvgIpc) is 2.96. The Morgan fingerprint density at radius 3 is 2.54 bits per heavy atom. The third-order valence-corrected chi connectivity index (χ3v) is 5.37. The molecule has 1 atom stereocenters. The predicted molar refractivity (Wildman–Crippen MR) is 104 cm³/mol. The number of carbonyl (C=O) groups excluding carboxylic acids is 1. The van der Waals surface area contributed by atoms with Gasteiger partial charge in [-0.25, -0.2) is 18.4 Å². The zero-order valence-electron chi connectivity index (χ0n) is 15.3. The Bertz CT molecular complexity index is 1150. The molecule has 9 heteroatoms. The summed E-state index contributed by atoms with van der Waals surface area (Å²) in [6.07, 6.45) is 0.720. The van der Waals surface area contributed by atoms with Gasteiger partial charge < -0.3 is 9.73 Å². The lowest BCUT2D eigenvalue weighted by Crippen LogP contribution is -2.27. The standard InChI is InChI=1S/C19H21N3O5S/c1-13(14-8-10-15(11-9-14)28(20,25)26)21-18(23)7-4-12-22-16-5-2-3-6-17(16)27-19(22)24/h2-3,5-6,8-11,13H,4,7,12H2,1H3,(H,21,23)(H2,20,25,26)/t13-/m0/s1. The van der Waals surface area contributed by atoms with E-state index in [2.05, 4.69) is 5.32 Å². The fourth-order valence-electron chi connectivity index (χ4n) is 2.97. The molecule has 28 heavy (non-hydrogen) atoms. The molecule has 1 amide bonds. The van der Waals surface area contributed by atoms with E-state index in [1.54, 1.807) is 37.3 Å². The molecule has 3 aromatic rings. The molecule has 0 spiro atoms. The summed E-state index contributed by atoms with van der Waals surface area (Å²) in [7, 11) is -3.74. The molecule has 0 bridgehead atoms. The molecule has 0 radical (unpaired) electrons. The van der Waals surface area contributed by atoms with Gasteiger partial charge in [0.15, 0.2) is 5.58 Å². The Kier molecular flexibility index (Phi) is 5.66. The van der Waals surface area contributed by atoms with Crippen molar-refractivity contribution in [2.45, 2.75) is 37.2 Å². The van der Waals surface area contributed by atoms with E-state index in [9.17, 15) is 18.0 Å². The van der Waals surface area contributed by atoms with Crippen LogP contribution in [0, 0.1) is 0 Å². The smallest absolute Gasteiger partial charge is 0.408 e. The minimum absolute atomic E-state index is 0.0209. The van der Waals surface area contributed by atoms with E-state index in [-0.39, 0.29) is 23.3 Å².